The summed E-state index contributed by atoms with van der Waals surface area (Å²) in [7, 11) is -3.63. The summed E-state index contributed by atoms with van der Waals surface area (Å²) in [4.78, 5) is 0.250. The van der Waals surface area contributed by atoms with Gasteiger partial charge in [0.2, 0.25) is 10.0 Å². The van der Waals surface area contributed by atoms with E-state index in [1.165, 1.54) is 4.31 Å². The second-order valence-electron chi connectivity index (χ2n) is 5.82. The van der Waals surface area contributed by atoms with Crippen LogP contribution < -0.4 is 0 Å². The first-order chi connectivity index (χ1) is 11.5. The van der Waals surface area contributed by atoms with Crippen LogP contribution in [0.4, 0.5) is 0 Å². The molecule has 0 spiro atoms. The molecule has 0 aromatic heterocycles. The summed E-state index contributed by atoms with van der Waals surface area (Å²) in [5.74, 6) is 2.43. The van der Waals surface area contributed by atoms with Crippen LogP contribution in [-0.2, 0) is 14.8 Å². The Hall–Kier alpha value is -2.13. The summed E-state index contributed by atoms with van der Waals surface area (Å²) in [6.07, 6.45) is 5.14. The van der Waals surface area contributed by atoms with Crippen LogP contribution in [0.1, 0.15) is 17.2 Å². The van der Waals surface area contributed by atoms with Gasteiger partial charge in [-0.25, -0.2) is 8.42 Å². The van der Waals surface area contributed by atoms with Crippen LogP contribution >= 0.6 is 0 Å². The summed E-state index contributed by atoms with van der Waals surface area (Å²) in [6, 6.07) is 16.5. The summed E-state index contributed by atoms with van der Waals surface area (Å²) >= 11 is 0. The fraction of sp³-hybridized carbons (Fsp3) is 0.263. The zero-order valence-corrected chi connectivity index (χ0v) is 14.2. The molecule has 0 saturated carbocycles. The van der Waals surface area contributed by atoms with Crippen molar-refractivity contribution in [1.29, 1.82) is 0 Å². The number of nitrogens with zero attached hydrogens (tertiary/aromatic N) is 1. The molecule has 2 aromatic carbocycles. The highest BCUT2D eigenvalue weighted by molar-refractivity contribution is 7.89. The van der Waals surface area contributed by atoms with Crippen molar-refractivity contribution >= 4 is 10.0 Å². The van der Waals surface area contributed by atoms with E-state index in [0.29, 0.717) is 0 Å². The summed E-state index contributed by atoms with van der Waals surface area (Å²) in [6.45, 7) is 2.19. The number of sulfonamides is 1. The molecule has 1 aliphatic rings. The van der Waals surface area contributed by atoms with E-state index in [-0.39, 0.29) is 30.2 Å². The van der Waals surface area contributed by atoms with Crippen molar-refractivity contribution in [3.63, 3.8) is 0 Å². The zero-order chi connectivity index (χ0) is 17.2. The molecule has 4 nitrogen and oxygen atoms in total. The number of aryl methyl sites for hydroxylation is 1. The molecule has 0 amide bonds. The molecule has 2 aromatic rings. The summed E-state index contributed by atoms with van der Waals surface area (Å²) in [5.41, 5.74) is 2.06. The van der Waals surface area contributed by atoms with Crippen molar-refractivity contribution in [2.45, 2.75) is 24.0 Å². The maximum absolute atomic E-state index is 12.8. The highest BCUT2D eigenvalue weighted by atomic mass is 32.2. The molecule has 2 unspecified atom stereocenters. The lowest BCUT2D eigenvalue weighted by Gasteiger charge is -2.19. The quantitative estimate of drug-likeness (QED) is 0.600. The second-order valence-corrected chi connectivity index (χ2v) is 7.76. The summed E-state index contributed by atoms with van der Waals surface area (Å²) < 4.78 is 32.6. The first kappa shape index (κ1) is 16.7. The maximum atomic E-state index is 12.8. The zero-order valence-electron chi connectivity index (χ0n) is 13.4. The molecule has 2 atom stereocenters. The molecule has 1 saturated heterocycles. The van der Waals surface area contributed by atoms with Gasteiger partial charge in [-0.2, -0.15) is 4.31 Å². The minimum absolute atomic E-state index is 0.0254. The third-order valence-corrected chi connectivity index (χ3v) is 5.85. The lowest BCUT2D eigenvalue weighted by atomic mass is 10.1. The van der Waals surface area contributed by atoms with E-state index in [1.807, 2.05) is 37.3 Å². The van der Waals surface area contributed by atoms with Crippen LogP contribution in [0.15, 0.2) is 59.5 Å². The Labute approximate surface area is 143 Å². The molecule has 24 heavy (non-hydrogen) atoms. The van der Waals surface area contributed by atoms with Crippen LogP contribution in [0, 0.1) is 19.3 Å². The predicted octanol–water partition coefficient (Wildman–Crippen LogP) is 2.76. The molecular formula is C19H19NO3S. The average molecular weight is 341 g/mol. The van der Waals surface area contributed by atoms with Gasteiger partial charge in [0, 0.05) is 6.54 Å². The SMILES string of the molecule is C#CCN(CC1OC1c1ccccc1)S(=O)(=O)c1ccc(C)cc1. The smallest absolute Gasteiger partial charge is 0.244 e. The van der Waals surface area contributed by atoms with E-state index in [1.54, 1.807) is 24.3 Å². The molecule has 0 aliphatic carbocycles. The van der Waals surface area contributed by atoms with E-state index in [4.69, 9.17) is 11.2 Å². The standard InChI is InChI=1S/C19H19NO3S/c1-3-13-20(24(21,22)17-11-9-15(2)10-12-17)14-18-19(23-18)16-7-5-4-6-8-16/h1,4-12,18-19H,13-14H2,2H3. The van der Waals surface area contributed by atoms with E-state index in [9.17, 15) is 8.42 Å². The number of rotatable bonds is 6. The Morgan fingerprint density at radius 3 is 2.42 bits per heavy atom. The average Bonchev–Trinajstić information content (AvgIpc) is 3.35. The van der Waals surface area contributed by atoms with Crippen LogP contribution in [0.25, 0.3) is 0 Å². The highest BCUT2D eigenvalue weighted by Gasteiger charge is 2.43. The van der Waals surface area contributed by atoms with E-state index in [2.05, 4.69) is 5.92 Å². The van der Waals surface area contributed by atoms with Crippen molar-refractivity contribution in [3.8, 4) is 12.3 Å². The van der Waals surface area contributed by atoms with Crippen LogP contribution in [0.5, 0.6) is 0 Å². The molecule has 124 valence electrons. The molecule has 0 bridgehead atoms. The van der Waals surface area contributed by atoms with Crippen LogP contribution in [0.2, 0.25) is 0 Å². The fourth-order valence-electron chi connectivity index (χ4n) is 2.63. The minimum Gasteiger partial charge on any atom is -0.363 e. The van der Waals surface area contributed by atoms with Crippen LogP contribution in [0.3, 0.4) is 0 Å². The lowest BCUT2D eigenvalue weighted by molar-refractivity contribution is 0.335. The Kier molecular flexibility index (Phi) is 4.72. The summed E-state index contributed by atoms with van der Waals surface area (Å²) in [5, 5.41) is 0. The Morgan fingerprint density at radius 2 is 1.79 bits per heavy atom. The Morgan fingerprint density at radius 1 is 1.12 bits per heavy atom. The van der Waals surface area contributed by atoms with E-state index < -0.39 is 10.0 Å². The molecule has 1 fully saturated rings. The lowest BCUT2D eigenvalue weighted by Crippen LogP contribution is -2.34. The van der Waals surface area contributed by atoms with Gasteiger partial charge in [0.1, 0.15) is 12.2 Å². The Balaban J connectivity index is 1.76. The van der Waals surface area contributed by atoms with Gasteiger partial charge < -0.3 is 4.74 Å². The van der Waals surface area contributed by atoms with Gasteiger partial charge in [-0.15, -0.1) is 6.42 Å². The van der Waals surface area contributed by atoms with Crippen molar-refractivity contribution < 1.29 is 13.2 Å². The predicted molar refractivity (Wildman–Crippen MR) is 92.8 cm³/mol. The van der Waals surface area contributed by atoms with Gasteiger partial charge in [0.05, 0.1) is 11.4 Å². The second kappa shape index (κ2) is 6.78. The van der Waals surface area contributed by atoms with Gasteiger partial charge in [0.15, 0.2) is 0 Å². The van der Waals surface area contributed by atoms with Gasteiger partial charge in [-0.3, -0.25) is 0 Å². The van der Waals surface area contributed by atoms with Gasteiger partial charge in [-0.1, -0.05) is 53.9 Å². The number of terminal acetylenes is 1. The number of hydrogen-bond donors (Lipinski definition) is 0. The molecule has 3 rings (SSSR count). The monoisotopic (exact) mass is 341 g/mol. The molecular weight excluding hydrogens is 322 g/mol. The Bertz CT molecular complexity index is 838. The highest BCUT2D eigenvalue weighted by Crippen LogP contribution is 2.39. The maximum Gasteiger partial charge on any atom is 0.244 e. The molecule has 5 heteroatoms. The van der Waals surface area contributed by atoms with Crippen molar-refractivity contribution in [2.24, 2.45) is 0 Å². The van der Waals surface area contributed by atoms with Gasteiger partial charge >= 0.3 is 0 Å². The third-order valence-electron chi connectivity index (χ3n) is 4.02. The van der Waals surface area contributed by atoms with E-state index in [0.717, 1.165) is 11.1 Å². The van der Waals surface area contributed by atoms with Gasteiger partial charge in [-0.05, 0) is 24.6 Å². The van der Waals surface area contributed by atoms with Crippen molar-refractivity contribution in [3.05, 3.63) is 65.7 Å². The topological polar surface area (TPSA) is 49.9 Å². The largest absolute Gasteiger partial charge is 0.363 e. The molecule has 1 aliphatic heterocycles. The minimum atomic E-state index is -3.63. The number of hydrogen-bond acceptors (Lipinski definition) is 3. The first-order valence-corrected chi connectivity index (χ1v) is 9.17. The third kappa shape index (κ3) is 3.51. The van der Waals surface area contributed by atoms with Crippen LogP contribution in [-0.4, -0.2) is 31.9 Å². The number of ether oxygens (including phenoxy) is 1. The fourth-order valence-corrected chi connectivity index (χ4v) is 3.99. The molecule has 0 radical (unpaired) electrons. The van der Waals surface area contributed by atoms with Crippen molar-refractivity contribution in [2.75, 3.05) is 13.1 Å². The normalized spacial score (nSPS) is 19.9. The number of epoxide rings is 1. The van der Waals surface area contributed by atoms with E-state index >= 15 is 0 Å². The number of benzene rings is 2. The molecule has 1 heterocycles. The van der Waals surface area contributed by atoms with Crippen molar-refractivity contribution in [1.82, 2.24) is 4.31 Å². The van der Waals surface area contributed by atoms with Gasteiger partial charge in [0.25, 0.3) is 0 Å². The molecule has 0 N–H and O–H groups in total. The first-order valence-electron chi connectivity index (χ1n) is 7.73.